The van der Waals surface area contributed by atoms with Gasteiger partial charge in [0.1, 0.15) is 12.6 Å². The van der Waals surface area contributed by atoms with Gasteiger partial charge < -0.3 is 15.3 Å². The SMILES string of the molecule is CC(=O)SC(Cc1ccccc1)C(=O)NC1CCCC(C)N(CC(=O)O)C1=O. The fourth-order valence-corrected chi connectivity index (χ4v) is 4.16. The number of nitrogens with zero attached hydrogens (tertiary/aromatic N) is 1. The van der Waals surface area contributed by atoms with Gasteiger partial charge in [0, 0.05) is 13.0 Å². The van der Waals surface area contributed by atoms with E-state index >= 15 is 0 Å². The molecule has 0 radical (unpaired) electrons. The van der Waals surface area contributed by atoms with E-state index < -0.39 is 17.3 Å². The van der Waals surface area contributed by atoms with E-state index in [1.165, 1.54) is 11.8 Å². The lowest BCUT2D eigenvalue weighted by Crippen LogP contribution is -2.52. The van der Waals surface area contributed by atoms with Crippen molar-refractivity contribution in [3.63, 3.8) is 0 Å². The van der Waals surface area contributed by atoms with E-state index in [4.69, 9.17) is 5.11 Å². The number of carbonyl (C=O) groups is 4. The molecule has 2 amide bonds. The molecule has 3 unspecified atom stereocenters. The predicted molar refractivity (Wildman–Crippen MR) is 107 cm³/mol. The van der Waals surface area contributed by atoms with Crippen LogP contribution >= 0.6 is 11.8 Å². The van der Waals surface area contributed by atoms with Crippen molar-refractivity contribution in [3.8, 4) is 0 Å². The third-order valence-corrected chi connectivity index (χ3v) is 5.71. The molecule has 1 aliphatic rings. The second-order valence-corrected chi connectivity index (χ2v) is 8.37. The third-order valence-electron chi connectivity index (χ3n) is 4.71. The van der Waals surface area contributed by atoms with Gasteiger partial charge in [0.25, 0.3) is 0 Å². The van der Waals surface area contributed by atoms with Crippen LogP contribution in [-0.2, 0) is 25.6 Å². The smallest absolute Gasteiger partial charge is 0.323 e. The molecule has 1 heterocycles. The molecule has 2 N–H and O–H groups in total. The Balaban J connectivity index is 2.12. The summed E-state index contributed by atoms with van der Waals surface area (Å²) in [4.78, 5) is 49.7. The molecule has 0 saturated carbocycles. The zero-order valence-electron chi connectivity index (χ0n) is 16.1. The number of hydrogen-bond donors (Lipinski definition) is 2. The van der Waals surface area contributed by atoms with Crippen molar-refractivity contribution < 1.29 is 24.3 Å². The molecule has 152 valence electrons. The maximum Gasteiger partial charge on any atom is 0.323 e. The van der Waals surface area contributed by atoms with Crippen LogP contribution in [0.5, 0.6) is 0 Å². The number of aliphatic carboxylic acids is 1. The Kier molecular flexibility index (Phi) is 8.04. The highest BCUT2D eigenvalue weighted by Crippen LogP contribution is 2.21. The minimum absolute atomic E-state index is 0.176. The average molecular weight is 407 g/mol. The number of carboxylic acids is 1. The predicted octanol–water partition coefficient (Wildman–Crippen LogP) is 1.85. The van der Waals surface area contributed by atoms with Gasteiger partial charge in [-0.2, -0.15) is 0 Å². The highest BCUT2D eigenvalue weighted by Gasteiger charge is 2.34. The summed E-state index contributed by atoms with van der Waals surface area (Å²) in [6.07, 6.45) is 2.21. The van der Waals surface area contributed by atoms with E-state index in [1.54, 1.807) is 0 Å². The second-order valence-electron chi connectivity index (χ2n) is 6.99. The van der Waals surface area contributed by atoms with Crippen molar-refractivity contribution >= 4 is 34.7 Å². The Morgan fingerprint density at radius 1 is 1.25 bits per heavy atom. The summed E-state index contributed by atoms with van der Waals surface area (Å²) < 4.78 is 0. The first kappa shape index (κ1) is 21.9. The van der Waals surface area contributed by atoms with Crippen molar-refractivity contribution in [1.82, 2.24) is 10.2 Å². The van der Waals surface area contributed by atoms with Gasteiger partial charge in [-0.1, -0.05) is 42.1 Å². The summed E-state index contributed by atoms with van der Waals surface area (Å²) in [7, 11) is 0. The van der Waals surface area contributed by atoms with Crippen LogP contribution in [0.2, 0.25) is 0 Å². The molecule has 3 atom stereocenters. The molecule has 0 aliphatic carbocycles. The first-order valence-electron chi connectivity index (χ1n) is 9.31. The van der Waals surface area contributed by atoms with Crippen LogP contribution in [0, 0.1) is 0 Å². The summed E-state index contributed by atoms with van der Waals surface area (Å²) in [6, 6.07) is 8.40. The molecule has 0 aromatic heterocycles. The summed E-state index contributed by atoms with van der Waals surface area (Å²) in [5.74, 6) is -1.85. The maximum absolute atomic E-state index is 12.8. The van der Waals surface area contributed by atoms with Gasteiger partial charge in [0.05, 0.1) is 5.25 Å². The molecular weight excluding hydrogens is 380 g/mol. The highest BCUT2D eigenvalue weighted by atomic mass is 32.2. The molecule has 1 saturated heterocycles. The summed E-state index contributed by atoms with van der Waals surface area (Å²) in [6.45, 7) is 2.83. The fraction of sp³-hybridized carbons (Fsp3) is 0.500. The van der Waals surface area contributed by atoms with Crippen LogP contribution in [0.3, 0.4) is 0 Å². The van der Waals surface area contributed by atoms with Gasteiger partial charge in [-0.3, -0.25) is 19.2 Å². The number of benzene rings is 1. The van der Waals surface area contributed by atoms with E-state index in [9.17, 15) is 19.2 Å². The van der Waals surface area contributed by atoms with Crippen LogP contribution < -0.4 is 5.32 Å². The van der Waals surface area contributed by atoms with Gasteiger partial charge in [-0.25, -0.2) is 0 Å². The van der Waals surface area contributed by atoms with E-state index in [-0.39, 0.29) is 29.5 Å². The van der Waals surface area contributed by atoms with Gasteiger partial charge in [-0.05, 0) is 38.2 Å². The number of amides is 2. The minimum atomic E-state index is -1.08. The largest absolute Gasteiger partial charge is 0.480 e. The molecule has 2 rings (SSSR count). The lowest BCUT2D eigenvalue weighted by atomic mass is 10.1. The van der Waals surface area contributed by atoms with Gasteiger partial charge in [-0.15, -0.1) is 0 Å². The molecular formula is C20H26N2O5S. The van der Waals surface area contributed by atoms with Crippen molar-refractivity contribution in [1.29, 1.82) is 0 Å². The Labute approximate surface area is 168 Å². The first-order valence-corrected chi connectivity index (χ1v) is 10.2. The summed E-state index contributed by atoms with van der Waals surface area (Å²) in [5, 5.41) is 11.0. The Morgan fingerprint density at radius 2 is 1.93 bits per heavy atom. The topological polar surface area (TPSA) is 104 Å². The normalized spacial score (nSPS) is 20.9. The Morgan fingerprint density at radius 3 is 2.54 bits per heavy atom. The van der Waals surface area contributed by atoms with E-state index in [2.05, 4.69) is 5.32 Å². The van der Waals surface area contributed by atoms with Crippen LogP contribution in [-0.4, -0.2) is 56.8 Å². The zero-order valence-corrected chi connectivity index (χ0v) is 16.9. The summed E-state index contributed by atoms with van der Waals surface area (Å²) >= 11 is 0.940. The number of carboxylic acid groups (broad SMARTS) is 1. The Bertz CT molecular complexity index is 725. The third kappa shape index (κ3) is 6.37. The molecule has 1 aromatic carbocycles. The summed E-state index contributed by atoms with van der Waals surface area (Å²) in [5.41, 5.74) is 0.921. The second kappa shape index (κ2) is 10.3. The van der Waals surface area contributed by atoms with E-state index in [1.807, 2.05) is 37.3 Å². The highest BCUT2D eigenvalue weighted by molar-refractivity contribution is 8.14. The molecule has 1 aromatic rings. The number of likely N-dealkylation sites (tertiary alicyclic amines) is 1. The first-order chi connectivity index (χ1) is 13.3. The van der Waals surface area contributed by atoms with Crippen molar-refractivity contribution in [2.75, 3.05) is 6.54 Å². The van der Waals surface area contributed by atoms with Crippen LogP contribution in [0.15, 0.2) is 30.3 Å². The molecule has 28 heavy (non-hydrogen) atoms. The van der Waals surface area contributed by atoms with Crippen LogP contribution in [0.25, 0.3) is 0 Å². The average Bonchev–Trinajstić information content (AvgIpc) is 2.75. The monoisotopic (exact) mass is 406 g/mol. The number of carbonyl (C=O) groups excluding carboxylic acids is 3. The number of thioether (sulfide) groups is 1. The molecule has 0 spiro atoms. The lowest BCUT2D eigenvalue weighted by molar-refractivity contribution is -0.147. The Hall–Kier alpha value is -2.35. The lowest BCUT2D eigenvalue weighted by Gasteiger charge is -2.28. The van der Waals surface area contributed by atoms with Gasteiger partial charge in [0.2, 0.25) is 11.8 Å². The maximum atomic E-state index is 12.8. The van der Waals surface area contributed by atoms with Crippen molar-refractivity contribution in [3.05, 3.63) is 35.9 Å². The molecule has 8 heteroatoms. The zero-order chi connectivity index (χ0) is 20.7. The van der Waals surface area contributed by atoms with E-state index in [0.29, 0.717) is 25.7 Å². The molecule has 1 fully saturated rings. The van der Waals surface area contributed by atoms with Gasteiger partial charge in [0.15, 0.2) is 5.12 Å². The van der Waals surface area contributed by atoms with E-state index in [0.717, 1.165) is 17.3 Å². The fourth-order valence-electron chi connectivity index (χ4n) is 3.31. The van der Waals surface area contributed by atoms with Gasteiger partial charge >= 0.3 is 5.97 Å². The molecule has 0 bridgehead atoms. The molecule has 1 aliphatic heterocycles. The number of nitrogens with one attached hydrogen (secondary N) is 1. The standard InChI is InChI=1S/C20H26N2O5S/c1-13-7-6-10-16(20(27)22(13)12-18(24)25)21-19(26)17(28-14(2)23)11-15-8-4-3-5-9-15/h3-5,8-9,13,16-17H,6-7,10-12H2,1-2H3,(H,21,26)(H,24,25). The quantitative estimate of drug-likeness (QED) is 0.716. The van der Waals surface area contributed by atoms with Crippen molar-refractivity contribution in [2.24, 2.45) is 0 Å². The van der Waals surface area contributed by atoms with Crippen molar-refractivity contribution in [2.45, 2.75) is 56.9 Å². The van der Waals surface area contributed by atoms with Crippen LogP contribution in [0.4, 0.5) is 0 Å². The van der Waals surface area contributed by atoms with Crippen LogP contribution in [0.1, 0.15) is 38.7 Å². The number of hydrogen-bond acceptors (Lipinski definition) is 5. The number of rotatable bonds is 7. The minimum Gasteiger partial charge on any atom is -0.480 e. The molecule has 7 nitrogen and oxygen atoms in total.